The van der Waals surface area contributed by atoms with Gasteiger partial charge in [0.2, 0.25) is 5.91 Å². The van der Waals surface area contributed by atoms with Crippen LogP contribution in [0.5, 0.6) is 0 Å². The second-order valence-electron chi connectivity index (χ2n) is 5.84. The number of hydrogen-bond acceptors (Lipinski definition) is 3. The first-order chi connectivity index (χ1) is 12.0. The first kappa shape index (κ1) is 17.3. The van der Waals surface area contributed by atoms with Gasteiger partial charge in [-0.15, -0.1) is 0 Å². The molecule has 0 aliphatic heterocycles. The summed E-state index contributed by atoms with van der Waals surface area (Å²) in [6.07, 6.45) is 0. The van der Waals surface area contributed by atoms with E-state index in [9.17, 15) is 4.79 Å². The maximum atomic E-state index is 11.0. The molecule has 0 aliphatic rings. The summed E-state index contributed by atoms with van der Waals surface area (Å²) in [5.74, 6) is 1.65. The van der Waals surface area contributed by atoms with Gasteiger partial charge in [0.15, 0.2) is 0 Å². The normalized spacial score (nSPS) is 10.5. The zero-order valence-electron chi connectivity index (χ0n) is 14.1. The molecular weight excluding hydrogens is 380 g/mol. The molecule has 1 aromatic heterocycles. The summed E-state index contributed by atoms with van der Waals surface area (Å²) >= 11 is 3.48. The van der Waals surface area contributed by atoms with Crippen LogP contribution in [0.25, 0.3) is 11.3 Å². The van der Waals surface area contributed by atoms with Crippen LogP contribution in [0, 0.1) is 6.92 Å². The molecule has 0 saturated carbocycles. The van der Waals surface area contributed by atoms with Crippen LogP contribution < -0.4 is 10.6 Å². The number of benzene rings is 2. The number of halogens is 1. The third-order valence-corrected chi connectivity index (χ3v) is 4.28. The molecule has 128 valence electrons. The molecule has 0 fully saturated rings. The predicted octanol–water partition coefficient (Wildman–Crippen LogP) is 5.59. The Morgan fingerprint density at radius 1 is 1.04 bits per heavy atom. The number of rotatable bonds is 5. The van der Waals surface area contributed by atoms with Crippen LogP contribution in [-0.2, 0) is 11.3 Å². The van der Waals surface area contributed by atoms with E-state index < -0.39 is 0 Å². The van der Waals surface area contributed by atoms with Crippen molar-refractivity contribution in [2.24, 2.45) is 0 Å². The third-order valence-electron chi connectivity index (χ3n) is 3.79. The van der Waals surface area contributed by atoms with Crippen LogP contribution in [0.15, 0.2) is 63.5 Å². The Kier molecular flexibility index (Phi) is 5.24. The Morgan fingerprint density at radius 3 is 2.44 bits per heavy atom. The lowest BCUT2D eigenvalue weighted by Gasteiger charge is -2.07. The minimum atomic E-state index is -0.0768. The van der Waals surface area contributed by atoms with Crippen molar-refractivity contribution in [3.05, 3.63) is 70.4 Å². The highest BCUT2D eigenvalue weighted by molar-refractivity contribution is 9.10. The zero-order chi connectivity index (χ0) is 17.8. The number of aryl methyl sites for hydroxylation is 1. The summed E-state index contributed by atoms with van der Waals surface area (Å²) in [6.45, 7) is 4.15. The molecule has 3 aromatic rings. The smallest absolute Gasteiger partial charge is 0.221 e. The van der Waals surface area contributed by atoms with E-state index in [1.807, 2.05) is 42.5 Å². The maximum absolute atomic E-state index is 11.0. The van der Waals surface area contributed by atoms with Crippen molar-refractivity contribution in [1.29, 1.82) is 0 Å². The van der Waals surface area contributed by atoms with Crippen molar-refractivity contribution in [3.63, 3.8) is 0 Å². The lowest BCUT2D eigenvalue weighted by molar-refractivity contribution is -0.114. The van der Waals surface area contributed by atoms with Gasteiger partial charge in [-0.05, 0) is 67.1 Å². The molecule has 1 amide bonds. The topological polar surface area (TPSA) is 54.3 Å². The Labute approximate surface area is 155 Å². The second kappa shape index (κ2) is 7.57. The first-order valence-corrected chi connectivity index (χ1v) is 8.77. The van der Waals surface area contributed by atoms with Gasteiger partial charge in [0.25, 0.3) is 0 Å². The van der Waals surface area contributed by atoms with E-state index in [0.29, 0.717) is 6.54 Å². The minimum absolute atomic E-state index is 0.0768. The van der Waals surface area contributed by atoms with Crippen LogP contribution >= 0.6 is 15.9 Å². The fraction of sp³-hybridized carbons (Fsp3) is 0.150. The molecular formula is C20H19BrN2O2. The molecule has 3 rings (SSSR count). The van der Waals surface area contributed by atoms with Crippen LogP contribution in [0.2, 0.25) is 0 Å². The maximum Gasteiger partial charge on any atom is 0.221 e. The number of hydrogen-bond donors (Lipinski definition) is 2. The van der Waals surface area contributed by atoms with Gasteiger partial charge in [0.1, 0.15) is 11.5 Å². The Morgan fingerprint density at radius 2 is 1.76 bits per heavy atom. The quantitative estimate of drug-likeness (QED) is 0.588. The van der Waals surface area contributed by atoms with E-state index in [1.165, 1.54) is 6.92 Å². The molecule has 1 heterocycles. The summed E-state index contributed by atoms with van der Waals surface area (Å²) in [7, 11) is 0. The average Bonchev–Trinajstić information content (AvgIpc) is 3.02. The van der Waals surface area contributed by atoms with Crippen LogP contribution in [0.3, 0.4) is 0 Å². The fourth-order valence-electron chi connectivity index (χ4n) is 2.59. The van der Waals surface area contributed by atoms with Crippen LogP contribution in [0.1, 0.15) is 18.2 Å². The van der Waals surface area contributed by atoms with Crippen LogP contribution in [0.4, 0.5) is 11.4 Å². The number of nitrogens with one attached hydrogen (secondary N) is 2. The SMILES string of the molecule is CC(=O)Nc1ccc(NCc2ccc(-c3ccc(Br)cc3C)o2)cc1. The lowest BCUT2D eigenvalue weighted by Crippen LogP contribution is -2.05. The molecule has 0 spiro atoms. The fourth-order valence-corrected chi connectivity index (χ4v) is 3.06. The van der Waals surface area contributed by atoms with Gasteiger partial charge < -0.3 is 15.1 Å². The predicted molar refractivity (Wildman–Crippen MR) is 105 cm³/mol. The Hall–Kier alpha value is -2.53. The van der Waals surface area contributed by atoms with Gasteiger partial charge in [-0.3, -0.25) is 4.79 Å². The molecule has 0 radical (unpaired) electrons. The van der Waals surface area contributed by atoms with Crippen molar-refractivity contribution >= 4 is 33.2 Å². The number of furan rings is 1. The van der Waals surface area contributed by atoms with E-state index in [1.54, 1.807) is 0 Å². The molecule has 5 heteroatoms. The Balaban J connectivity index is 1.64. The molecule has 0 unspecified atom stereocenters. The van der Waals surface area contributed by atoms with Crippen LogP contribution in [-0.4, -0.2) is 5.91 Å². The van der Waals surface area contributed by atoms with Crippen molar-refractivity contribution in [2.45, 2.75) is 20.4 Å². The molecule has 25 heavy (non-hydrogen) atoms. The summed E-state index contributed by atoms with van der Waals surface area (Å²) in [6, 6.07) is 17.7. The van der Waals surface area contributed by atoms with Crippen molar-refractivity contribution in [2.75, 3.05) is 10.6 Å². The monoisotopic (exact) mass is 398 g/mol. The number of carbonyl (C=O) groups is 1. The summed E-state index contributed by atoms with van der Waals surface area (Å²) in [5.41, 5.74) is 4.00. The van der Waals surface area contributed by atoms with Crippen molar-refractivity contribution in [3.8, 4) is 11.3 Å². The average molecular weight is 399 g/mol. The molecule has 0 bridgehead atoms. The van der Waals surface area contributed by atoms with E-state index in [4.69, 9.17) is 4.42 Å². The molecule has 0 aliphatic carbocycles. The van der Waals surface area contributed by atoms with Gasteiger partial charge >= 0.3 is 0 Å². The molecule has 0 saturated heterocycles. The van der Waals surface area contributed by atoms with Gasteiger partial charge in [-0.1, -0.05) is 15.9 Å². The highest BCUT2D eigenvalue weighted by atomic mass is 79.9. The van der Waals surface area contributed by atoms with Gasteiger partial charge in [0, 0.05) is 28.3 Å². The third kappa shape index (κ3) is 4.51. The number of carbonyl (C=O) groups excluding carboxylic acids is 1. The molecule has 4 nitrogen and oxygen atoms in total. The van der Waals surface area contributed by atoms with Crippen molar-refractivity contribution < 1.29 is 9.21 Å². The lowest BCUT2D eigenvalue weighted by atomic mass is 10.1. The van der Waals surface area contributed by atoms with E-state index in [0.717, 1.165) is 38.5 Å². The van der Waals surface area contributed by atoms with Gasteiger partial charge in [-0.2, -0.15) is 0 Å². The second-order valence-corrected chi connectivity index (χ2v) is 6.75. The largest absolute Gasteiger partial charge is 0.459 e. The summed E-state index contributed by atoms with van der Waals surface area (Å²) in [5, 5.41) is 6.06. The first-order valence-electron chi connectivity index (χ1n) is 7.98. The van der Waals surface area contributed by atoms with E-state index in [2.05, 4.69) is 45.6 Å². The Bertz CT molecular complexity index is 885. The van der Waals surface area contributed by atoms with E-state index >= 15 is 0 Å². The molecule has 2 N–H and O–H groups in total. The van der Waals surface area contributed by atoms with Gasteiger partial charge in [-0.25, -0.2) is 0 Å². The number of amides is 1. The minimum Gasteiger partial charge on any atom is -0.459 e. The van der Waals surface area contributed by atoms with Gasteiger partial charge in [0.05, 0.1) is 6.54 Å². The number of anilines is 2. The van der Waals surface area contributed by atoms with E-state index in [-0.39, 0.29) is 5.91 Å². The zero-order valence-corrected chi connectivity index (χ0v) is 15.7. The van der Waals surface area contributed by atoms with Crippen molar-refractivity contribution in [1.82, 2.24) is 0 Å². The molecule has 2 aromatic carbocycles. The highest BCUT2D eigenvalue weighted by Gasteiger charge is 2.08. The summed E-state index contributed by atoms with van der Waals surface area (Å²) in [4.78, 5) is 11.0. The highest BCUT2D eigenvalue weighted by Crippen LogP contribution is 2.28. The summed E-state index contributed by atoms with van der Waals surface area (Å²) < 4.78 is 7.01. The standard InChI is InChI=1S/C20H19BrN2O2/c1-13-11-15(21)3-9-19(13)20-10-8-18(25-20)12-22-16-4-6-17(7-5-16)23-14(2)24/h3-11,22H,12H2,1-2H3,(H,23,24). The molecule has 0 atom stereocenters.